The fourth-order valence-corrected chi connectivity index (χ4v) is 3.39. The maximum atomic E-state index is 11.7. The third kappa shape index (κ3) is 5.32. The summed E-state index contributed by atoms with van der Waals surface area (Å²) in [5.74, 6) is 0.247. The summed E-state index contributed by atoms with van der Waals surface area (Å²) >= 11 is 30.1. The Labute approximate surface area is 186 Å². The monoisotopic (exact) mass is 480 g/mol. The highest BCUT2D eigenvalue weighted by Gasteiger charge is 2.20. The first kappa shape index (κ1) is 22.8. The quantitative estimate of drug-likeness (QED) is 0.0810. The van der Waals surface area contributed by atoms with Crippen molar-refractivity contribution in [3.8, 4) is 11.5 Å². The zero-order valence-electron chi connectivity index (χ0n) is 14.4. The van der Waals surface area contributed by atoms with E-state index in [1.165, 1.54) is 0 Å². The van der Waals surface area contributed by atoms with E-state index in [0.717, 1.165) is 11.8 Å². The van der Waals surface area contributed by atoms with Crippen molar-refractivity contribution < 1.29 is 19.1 Å². The van der Waals surface area contributed by atoms with Crippen LogP contribution in [-0.2, 0) is 0 Å². The van der Waals surface area contributed by atoms with Crippen molar-refractivity contribution in [2.75, 3.05) is 13.2 Å². The molecule has 0 fully saturated rings. The maximum Gasteiger partial charge on any atom is 0.328 e. The second kappa shape index (κ2) is 10.4. The molecule has 2 aromatic rings. The molecule has 148 valence electrons. The van der Waals surface area contributed by atoms with Gasteiger partial charge in [0.05, 0.1) is 28.3 Å². The molecule has 0 N–H and O–H groups in total. The molecule has 10 heteroatoms. The molecular formula is C18H13Cl5N2O3. The van der Waals surface area contributed by atoms with Crippen LogP contribution < -0.4 is 9.47 Å². The number of rotatable bonds is 8. The molecule has 0 aliphatic carbocycles. The van der Waals surface area contributed by atoms with Crippen molar-refractivity contribution in [1.82, 2.24) is 0 Å². The molecule has 28 heavy (non-hydrogen) atoms. The minimum Gasteiger partial charge on any atom is -0.493 e. The number of carbonyl (C=O) groups is 1. The van der Waals surface area contributed by atoms with Gasteiger partial charge in [-0.2, -0.15) is 4.79 Å². The van der Waals surface area contributed by atoms with Crippen LogP contribution in [0.4, 0.5) is 0 Å². The van der Waals surface area contributed by atoms with Gasteiger partial charge in [-0.1, -0.05) is 70.1 Å². The van der Waals surface area contributed by atoms with Gasteiger partial charge < -0.3 is 15.0 Å². The van der Waals surface area contributed by atoms with E-state index in [2.05, 4.69) is 4.79 Å². The summed E-state index contributed by atoms with van der Waals surface area (Å²) in [7, 11) is 0. The Morgan fingerprint density at radius 2 is 1.57 bits per heavy atom. The fourth-order valence-electron chi connectivity index (χ4n) is 2.16. The summed E-state index contributed by atoms with van der Waals surface area (Å²) < 4.78 is 11.3. The number of halogens is 5. The summed E-state index contributed by atoms with van der Waals surface area (Å²) in [5, 5.41) is 0.342. The molecule has 5 nitrogen and oxygen atoms in total. The first-order chi connectivity index (χ1) is 13.3. The van der Waals surface area contributed by atoms with E-state index >= 15 is 0 Å². The molecule has 0 unspecified atom stereocenters. The molecule has 0 saturated heterocycles. The van der Waals surface area contributed by atoms with E-state index in [9.17, 15) is 4.79 Å². The minimum absolute atomic E-state index is 0.0603. The SMILES string of the molecule is Cc1ccc(C(=O)C=[N+]=[N-])cc1OCCCOc1c(Cl)c(Cl)c(Cl)c(Cl)c1Cl. The van der Waals surface area contributed by atoms with E-state index in [1.54, 1.807) is 18.2 Å². The van der Waals surface area contributed by atoms with Crippen LogP contribution in [0.25, 0.3) is 5.53 Å². The van der Waals surface area contributed by atoms with Gasteiger partial charge in [0, 0.05) is 12.0 Å². The molecular weight excluding hydrogens is 469 g/mol. The molecule has 0 saturated carbocycles. The number of carbonyl (C=O) groups excluding carboxylic acids is 1. The van der Waals surface area contributed by atoms with Crippen molar-refractivity contribution in [3.05, 3.63) is 60.0 Å². The van der Waals surface area contributed by atoms with E-state index in [4.69, 9.17) is 73.0 Å². The van der Waals surface area contributed by atoms with Crippen LogP contribution in [0.1, 0.15) is 22.3 Å². The second-order valence-corrected chi connectivity index (χ2v) is 7.43. The van der Waals surface area contributed by atoms with Crippen molar-refractivity contribution in [1.29, 1.82) is 0 Å². The van der Waals surface area contributed by atoms with Crippen LogP contribution in [0.15, 0.2) is 18.2 Å². The highest BCUT2D eigenvalue weighted by molar-refractivity contribution is 6.55. The Hall–Kier alpha value is -1.46. The second-order valence-electron chi connectivity index (χ2n) is 5.54. The van der Waals surface area contributed by atoms with Gasteiger partial charge in [-0.25, -0.2) is 0 Å². The van der Waals surface area contributed by atoms with Crippen LogP contribution in [0, 0.1) is 6.92 Å². The Kier molecular flexibility index (Phi) is 8.44. The molecule has 0 aliphatic rings. The van der Waals surface area contributed by atoms with Crippen LogP contribution in [0.5, 0.6) is 11.5 Å². The number of Topliss-reactive ketones (excluding diaryl/α,β-unsaturated/α-hetero) is 1. The molecule has 0 atom stereocenters. The summed E-state index contributed by atoms with van der Waals surface area (Å²) in [5.41, 5.74) is 9.66. The van der Waals surface area contributed by atoms with Crippen LogP contribution >= 0.6 is 58.0 Å². The van der Waals surface area contributed by atoms with Gasteiger partial charge in [0.25, 0.3) is 5.78 Å². The van der Waals surface area contributed by atoms with Gasteiger partial charge >= 0.3 is 6.21 Å². The van der Waals surface area contributed by atoms with Crippen LogP contribution in [0.3, 0.4) is 0 Å². The molecule has 2 rings (SSSR count). The molecule has 0 spiro atoms. The number of hydrogen-bond acceptors (Lipinski definition) is 3. The van der Waals surface area contributed by atoms with Crippen molar-refractivity contribution >= 4 is 70.0 Å². The van der Waals surface area contributed by atoms with Crippen molar-refractivity contribution in [2.45, 2.75) is 13.3 Å². The van der Waals surface area contributed by atoms with Gasteiger partial charge in [-0.05, 0) is 18.6 Å². The number of nitrogens with zero attached hydrogens (tertiary/aromatic N) is 2. The highest BCUT2D eigenvalue weighted by atomic mass is 35.5. The largest absolute Gasteiger partial charge is 0.493 e. The predicted molar refractivity (Wildman–Crippen MR) is 112 cm³/mol. The lowest BCUT2D eigenvalue weighted by atomic mass is 10.1. The average Bonchev–Trinajstić information content (AvgIpc) is 2.68. The Morgan fingerprint density at radius 1 is 1.00 bits per heavy atom. The van der Waals surface area contributed by atoms with Crippen molar-refractivity contribution in [3.63, 3.8) is 0 Å². The lowest BCUT2D eigenvalue weighted by molar-refractivity contribution is 0.00234. The van der Waals surface area contributed by atoms with E-state index < -0.39 is 5.78 Å². The molecule has 0 aliphatic heterocycles. The number of benzene rings is 2. The third-order valence-electron chi connectivity index (χ3n) is 3.61. The Morgan fingerprint density at radius 3 is 2.18 bits per heavy atom. The summed E-state index contributed by atoms with van der Waals surface area (Å²) in [4.78, 5) is 14.5. The normalized spacial score (nSPS) is 10.4. The van der Waals surface area contributed by atoms with Gasteiger partial charge in [0.15, 0.2) is 5.75 Å². The maximum absolute atomic E-state index is 11.7. The molecule has 0 amide bonds. The van der Waals surface area contributed by atoms with E-state index in [-0.39, 0.29) is 37.5 Å². The fraction of sp³-hybridized carbons (Fsp3) is 0.222. The first-order valence-electron chi connectivity index (χ1n) is 7.87. The van der Waals surface area contributed by atoms with E-state index in [1.807, 2.05) is 6.92 Å². The Bertz CT molecular complexity index is 930. The summed E-state index contributed by atoms with van der Waals surface area (Å²) in [6.45, 7) is 2.37. The molecule has 0 radical (unpaired) electrons. The smallest absolute Gasteiger partial charge is 0.328 e. The minimum atomic E-state index is -0.434. The van der Waals surface area contributed by atoms with Crippen molar-refractivity contribution in [2.24, 2.45) is 0 Å². The van der Waals surface area contributed by atoms with Crippen LogP contribution in [-0.4, -0.2) is 30.0 Å². The molecule has 0 aromatic heterocycles. The topological polar surface area (TPSA) is 71.9 Å². The number of ether oxygens (including phenoxy) is 2. The summed E-state index contributed by atoms with van der Waals surface area (Å²) in [6, 6.07) is 4.93. The Balaban J connectivity index is 1.97. The van der Waals surface area contributed by atoms with Gasteiger partial charge in [-0.3, -0.25) is 4.79 Å². The standard InChI is InChI=1S/C18H13Cl5N2O3/c1-9-3-4-10(11(26)8-25-24)7-12(9)27-5-2-6-28-18-16(22)14(20)13(19)15(21)17(18)23/h3-4,7-8H,2,5-6H2,1H3. The molecule has 0 bridgehead atoms. The first-order valence-corrected chi connectivity index (χ1v) is 9.76. The number of hydrogen-bond donors (Lipinski definition) is 0. The highest BCUT2D eigenvalue weighted by Crippen LogP contribution is 2.48. The van der Waals surface area contributed by atoms with Crippen LogP contribution in [0.2, 0.25) is 25.1 Å². The number of ketones is 1. The lowest BCUT2D eigenvalue weighted by Gasteiger charge is -2.14. The predicted octanol–water partition coefficient (Wildman–Crippen LogP) is 6.59. The molecule has 0 heterocycles. The average molecular weight is 483 g/mol. The van der Waals surface area contributed by atoms with Gasteiger partial charge in [-0.15, -0.1) is 0 Å². The zero-order valence-corrected chi connectivity index (χ0v) is 18.2. The third-order valence-corrected chi connectivity index (χ3v) is 5.85. The van der Waals surface area contributed by atoms with Gasteiger partial charge in [0.1, 0.15) is 15.8 Å². The lowest BCUT2D eigenvalue weighted by Crippen LogP contribution is -2.07. The number of aryl methyl sites for hydroxylation is 1. The summed E-state index contributed by atoms with van der Waals surface area (Å²) in [6.07, 6.45) is 1.30. The molecule has 2 aromatic carbocycles. The van der Waals surface area contributed by atoms with E-state index in [0.29, 0.717) is 24.3 Å². The zero-order chi connectivity index (χ0) is 20.8. The van der Waals surface area contributed by atoms with Gasteiger partial charge in [0.2, 0.25) is 0 Å².